The van der Waals surface area contributed by atoms with Crippen molar-refractivity contribution in [2.45, 2.75) is 50.7 Å². The number of hydrogen-bond donors (Lipinski definition) is 1. The molecule has 1 aliphatic carbocycles. The Morgan fingerprint density at radius 2 is 2.00 bits per heavy atom. The molecule has 1 aromatic rings. The van der Waals surface area contributed by atoms with Crippen LogP contribution in [0.5, 0.6) is 0 Å². The highest BCUT2D eigenvalue weighted by Crippen LogP contribution is 2.26. The van der Waals surface area contributed by atoms with Gasteiger partial charge in [-0.05, 0) is 38.6 Å². The van der Waals surface area contributed by atoms with E-state index in [4.69, 9.17) is 4.74 Å². The SMILES string of the molecule is CNC(C(=O)N1CCC(OCC2CCCC2)CC1)c1cnn(C)c1.Cl. The Morgan fingerprint density at radius 3 is 2.56 bits per heavy atom. The van der Waals surface area contributed by atoms with E-state index >= 15 is 0 Å². The molecule has 1 saturated heterocycles. The third kappa shape index (κ3) is 5.19. The van der Waals surface area contributed by atoms with Gasteiger partial charge in [-0.3, -0.25) is 9.48 Å². The number of aromatic nitrogens is 2. The van der Waals surface area contributed by atoms with E-state index in [0.29, 0.717) is 6.10 Å². The van der Waals surface area contributed by atoms with E-state index in [9.17, 15) is 4.79 Å². The van der Waals surface area contributed by atoms with Crippen LogP contribution in [0.4, 0.5) is 0 Å². The molecule has 1 aliphatic heterocycles. The molecular formula is C18H31ClN4O2. The number of halogens is 1. The van der Waals surface area contributed by atoms with Crippen LogP contribution < -0.4 is 5.32 Å². The molecule has 0 radical (unpaired) electrons. The highest BCUT2D eigenvalue weighted by Gasteiger charge is 2.29. The number of piperidine rings is 1. The Hall–Kier alpha value is -1.11. The van der Waals surface area contributed by atoms with Gasteiger partial charge in [0, 0.05) is 38.5 Å². The third-order valence-corrected chi connectivity index (χ3v) is 5.39. The highest BCUT2D eigenvalue weighted by atomic mass is 35.5. The fourth-order valence-electron chi connectivity index (χ4n) is 3.90. The van der Waals surface area contributed by atoms with Crippen molar-refractivity contribution in [1.82, 2.24) is 20.0 Å². The van der Waals surface area contributed by atoms with E-state index in [1.807, 2.05) is 25.2 Å². The first-order chi connectivity index (χ1) is 11.7. The van der Waals surface area contributed by atoms with Crippen LogP contribution >= 0.6 is 12.4 Å². The fraction of sp³-hybridized carbons (Fsp3) is 0.778. The number of ether oxygens (including phenoxy) is 1. The smallest absolute Gasteiger partial charge is 0.244 e. The lowest BCUT2D eigenvalue weighted by atomic mass is 10.0. The van der Waals surface area contributed by atoms with Gasteiger partial charge in [0.1, 0.15) is 6.04 Å². The quantitative estimate of drug-likeness (QED) is 0.834. The lowest BCUT2D eigenvalue weighted by molar-refractivity contribution is -0.136. The number of hydrogen-bond acceptors (Lipinski definition) is 4. The van der Waals surface area contributed by atoms with Gasteiger partial charge in [-0.25, -0.2) is 0 Å². The van der Waals surface area contributed by atoms with Crippen LogP contribution in [-0.4, -0.2) is 53.4 Å². The number of carbonyl (C=O) groups excluding carboxylic acids is 1. The number of carbonyl (C=O) groups is 1. The molecule has 3 rings (SSSR count). The lowest BCUT2D eigenvalue weighted by Gasteiger charge is -2.34. The largest absolute Gasteiger partial charge is 0.378 e. The molecule has 1 saturated carbocycles. The third-order valence-electron chi connectivity index (χ3n) is 5.39. The first kappa shape index (κ1) is 20.2. The first-order valence-corrected chi connectivity index (χ1v) is 9.23. The van der Waals surface area contributed by atoms with Crippen molar-refractivity contribution in [3.05, 3.63) is 18.0 Å². The maximum atomic E-state index is 12.8. The average molecular weight is 371 g/mol. The van der Waals surface area contributed by atoms with Crippen LogP contribution in [0.25, 0.3) is 0 Å². The van der Waals surface area contributed by atoms with Crippen molar-refractivity contribution >= 4 is 18.3 Å². The topological polar surface area (TPSA) is 59.4 Å². The molecule has 1 N–H and O–H groups in total. The molecular weight excluding hydrogens is 340 g/mol. The van der Waals surface area contributed by atoms with Gasteiger partial charge in [-0.2, -0.15) is 5.10 Å². The second-order valence-electron chi connectivity index (χ2n) is 7.18. The zero-order valence-corrected chi connectivity index (χ0v) is 16.1. The normalized spacial score (nSPS) is 20.5. The molecule has 1 unspecified atom stereocenters. The van der Waals surface area contributed by atoms with Crippen molar-refractivity contribution < 1.29 is 9.53 Å². The summed E-state index contributed by atoms with van der Waals surface area (Å²) in [6, 6.07) is -0.311. The zero-order valence-electron chi connectivity index (χ0n) is 15.3. The maximum Gasteiger partial charge on any atom is 0.244 e. The Morgan fingerprint density at radius 1 is 1.32 bits per heavy atom. The lowest BCUT2D eigenvalue weighted by Crippen LogP contribution is -2.45. The van der Waals surface area contributed by atoms with Crippen LogP contribution in [0.1, 0.15) is 50.1 Å². The Kier molecular flexibility index (Phi) is 7.72. The van der Waals surface area contributed by atoms with Crippen LogP contribution in [-0.2, 0) is 16.6 Å². The summed E-state index contributed by atoms with van der Waals surface area (Å²) in [7, 11) is 3.70. The minimum Gasteiger partial charge on any atom is -0.378 e. The van der Waals surface area contributed by atoms with E-state index in [-0.39, 0.29) is 24.4 Å². The van der Waals surface area contributed by atoms with Crippen molar-refractivity contribution in [2.75, 3.05) is 26.7 Å². The summed E-state index contributed by atoms with van der Waals surface area (Å²) in [5.74, 6) is 0.906. The van der Waals surface area contributed by atoms with Crippen molar-refractivity contribution in [2.24, 2.45) is 13.0 Å². The Labute approximate surface area is 156 Å². The molecule has 0 bridgehead atoms. The molecule has 7 heteroatoms. The standard InChI is InChI=1S/C18H30N4O2.ClH/c1-19-17(15-11-20-21(2)12-15)18(23)22-9-7-16(8-10-22)24-13-14-5-3-4-6-14;/h11-12,14,16-17,19H,3-10,13H2,1-2H3;1H. The van der Waals surface area contributed by atoms with Crippen molar-refractivity contribution in [1.29, 1.82) is 0 Å². The van der Waals surface area contributed by atoms with Crippen LogP contribution in [0, 0.1) is 5.92 Å². The Bertz CT molecular complexity index is 537. The molecule has 6 nitrogen and oxygen atoms in total. The monoisotopic (exact) mass is 370 g/mol. The number of likely N-dealkylation sites (N-methyl/N-ethyl adjacent to an activating group) is 1. The summed E-state index contributed by atoms with van der Waals surface area (Å²) in [5, 5.41) is 7.30. The molecule has 1 atom stereocenters. The first-order valence-electron chi connectivity index (χ1n) is 9.23. The summed E-state index contributed by atoms with van der Waals surface area (Å²) in [6.07, 6.45) is 11.2. The summed E-state index contributed by atoms with van der Waals surface area (Å²) in [6.45, 7) is 2.48. The van der Waals surface area contributed by atoms with Crippen molar-refractivity contribution in [3.63, 3.8) is 0 Å². The van der Waals surface area contributed by atoms with Crippen LogP contribution in [0.3, 0.4) is 0 Å². The van der Waals surface area contributed by atoms with Gasteiger partial charge in [-0.1, -0.05) is 12.8 Å². The number of rotatable bonds is 6. The van der Waals surface area contributed by atoms with Gasteiger partial charge in [0.25, 0.3) is 0 Å². The summed E-state index contributed by atoms with van der Waals surface area (Å²) < 4.78 is 7.83. The van der Waals surface area contributed by atoms with Crippen molar-refractivity contribution in [3.8, 4) is 0 Å². The maximum absolute atomic E-state index is 12.8. The molecule has 1 amide bonds. The van der Waals surface area contributed by atoms with Crippen LogP contribution in [0.2, 0.25) is 0 Å². The summed E-state index contributed by atoms with van der Waals surface area (Å²) >= 11 is 0. The minimum atomic E-state index is -0.311. The van der Waals surface area contributed by atoms with E-state index in [2.05, 4.69) is 10.4 Å². The van der Waals surface area contributed by atoms with E-state index in [1.54, 1.807) is 10.9 Å². The van der Waals surface area contributed by atoms with Gasteiger partial charge >= 0.3 is 0 Å². The van der Waals surface area contributed by atoms with Gasteiger partial charge < -0.3 is 15.0 Å². The van der Waals surface area contributed by atoms with E-state index < -0.39 is 0 Å². The molecule has 142 valence electrons. The average Bonchev–Trinajstić information content (AvgIpc) is 3.26. The molecule has 2 aliphatic rings. The number of nitrogens with one attached hydrogen (secondary N) is 1. The second kappa shape index (κ2) is 9.55. The molecule has 0 spiro atoms. The van der Waals surface area contributed by atoms with E-state index in [1.165, 1.54) is 25.7 Å². The van der Waals surface area contributed by atoms with Gasteiger partial charge in [-0.15, -0.1) is 12.4 Å². The summed E-state index contributed by atoms with van der Waals surface area (Å²) in [5.41, 5.74) is 0.921. The van der Waals surface area contributed by atoms with Crippen LogP contribution in [0.15, 0.2) is 12.4 Å². The van der Waals surface area contributed by atoms with Gasteiger partial charge in [0.2, 0.25) is 5.91 Å². The fourth-order valence-corrected chi connectivity index (χ4v) is 3.90. The van der Waals surface area contributed by atoms with E-state index in [0.717, 1.165) is 44.0 Å². The number of aryl methyl sites for hydroxylation is 1. The minimum absolute atomic E-state index is 0. The highest BCUT2D eigenvalue weighted by molar-refractivity contribution is 5.85. The second-order valence-corrected chi connectivity index (χ2v) is 7.18. The zero-order chi connectivity index (χ0) is 16.9. The number of nitrogens with zero attached hydrogens (tertiary/aromatic N) is 3. The predicted octanol–water partition coefficient (Wildman–Crippen LogP) is 2.30. The number of amides is 1. The predicted molar refractivity (Wildman–Crippen MR) is 99.8 cm³/mol. The summed E-state index contributed by atoms with van der Waals surface area (Å²) in [4.78, 5) is 14.8. The van der Waals surface area contributed by atoms with Gasteiger partial charge in [0.15, 0.2) is 0 Å². The molecule has 0 aromatic carbocycles. The number of likely N-dealkylation sites (tertiary alicyclic amines) is 1. The molecule has 2 fully saturated rings. The molecule has 2 heterocycles. The molecule has 1 aromatic heterocycles. The van der Waals surface area contributed by atoms with Gasteiger partial charge in [0.05, 0.1) is 12.3 Å². The molecule has 25 heavy (non-hydrogen) atoms. The Balaban J connectivity index is 0.00000225.